The quantitative estimate of drug-likeness (QED) is 0.785. The number of amides is 1. The molecule has 14 heavy (non-hydrogen) atoms. The monoisotopic (exact) mass is 195 g/mol. The van der Waals surface area contributed by atoms with Gasteiger partial charge in [0.15, 0.2) is 0 Å². The minimum absolute atomic E-state index is 0.329. The summed E-state index contributed by atoms with van der Waals surface area (Å²) in [5.41, 5.74) is 6.42. The summed E-state index contributed by atoms with van der Waals surface area (Å²) in [6.45, 7) is 1.87. The maximum Gasteiger partial charge on any atom is 0.252 e. The Kier molecular flexibility index (Phi) is 2.96. The minimum atomic E-state index is -0.528. The second-order valence-electron chi connectivity index (χ2n) is 2.89. The van der Waals surface area contributed by atoms with Crippen molar-refractivity contribution in [1.82, 2.24) is 0 Å². The van der Waals surface area contributed by atoms with E-state index in [1.165, 1.54) is 7.11 Å². The molecule has 4 nitrogen and oxygen atoms in total. The highest BCUT2D eigenvalue weighted by Crippen LogP contribution is 2.27. The van der Waals surface area contributed by atoms with Crippen molar-refractivity contribution in [2.24, 2.45) is 5.73 Å². The number of benzene rings is 1. The van der Waals surface area contributed by atoms with Crippen molar-refractivity contribution in [3.8, 4) is 11.5 Å². The van der Waals surface area contributed by atoms with Gasteiger partial charge in [0.2, 0.25) is 0 Å². The van der Waals surface area contributed by atoms with Crippen LogP contribution in [0.15, 0.2) is 12.1 Å². The smallest absolute Gasteiger partial charge is 0.252 e. The van der Waals surface area contributed by atoms with Gasteiger partial charge in [-0.3, -0.25) is 4.79 Å². The number of hydrogen-bond acceptors (Lipinski definition) is 3. The fourth-order valence-corrected chi connectivity index (χ4v) is 1.24. The van der Waals surface area contributed by atoms with Crippen LogP contribution in [0.2, 0.25) is 0 Å². The molecule has 0 atom stereocenters. The number of carbonyl (C=O) groups is 1. The Balaban J connectivity index is 3.32. The molecule has 0 aliphatic heterocycles. The molecule has 0 aliphatic carbocycles. The second kappa shape index (κ2) is 4.00. The Labute approximate surface area is 82.6 Å². The van der Waals surface area contributed by atoms with E-state index in [0.717, 1.165) is 5.56 Å². The summed E-state index contributed by atoms with van der Waals surface area (Å²) >= 11 is 0. The van der Waals surface area contributed by atoms with Crippen LogP contribution < -0.4 is 15.2 Å². The molecular weight excluding hydrogens is 182 g/mol. The summed E-state index contributed by atoms with van der Waals surface area (Å²) in [6, 6.07) is 3.30. The molecule has 0 saturated carbocycles. The van der Waals surface area contributed by atoms with E-state index >= 15 is 0 Å². The van der Waals surface area contributed by atoms with Gasteiger partial charge in [0.05, 0.1) is 19.8 Å². The van der Waals surface area contributed by atoms with E-state index in [-0.39, 0.29) is 0 Å². The number of methoxy groups -OCH3 is 2. The average molecular weight is 195 g/mol. The largest absolute Gasteiger partial charge is 0.496 e. The van der Waals surface area contributed by atoms with Crippen LogP contribution >= 0.6 is 0 Å². The molecule has 2 N–H and O–H groups in total. The molecule has 0 heterocycles. The molecule has 0 aromatic heterocycles. The number of primary amides is 1. The van der Waals surface area contributed by atoms with Gasteiger partial charge in [-0.25, -0.2) is 0 Å². The normalized spacial score (nSPS) is 9.64. The van der Waals surface area contributed by atoms with Crippen molar-refractivity contribution in [1.29, 1.82) is 0 Å². The van der Waals surface area contributed by atoms with Gasteiger partial charge in [-0.15, -0.1) is 0 Å². The van der Waals surface area contributed by atoms with Crippen molar-refractivity contribution < 1.29 is 14.3 Å². The van der Waals surface area contributed by atoms with E-state index in [0.29, 0.717) is 17.1 Å². The van der Waals surface area contributed by atoms with Gasteiger partial charge >= 0.3 is 0 Å². The highest BCUT2D eigenvalue weighted by Gasteiger charge is 2.12. The molecule has 76 valence electrons. The molecule has 0 fully saturated rings. The van der Waals surface area contributed by atoms with E-state index in [2.05, 4.69) is 0 Å². The van der Waals surface area contributed by atoms with Gasteiger partial charge < -0.3 is 15.2 Å². The highest BCUT2D eigenvalue weighted by atomic mass is 16.5. The summed E-state index contributed by atoms with van der Waals surface area (Å²) in [7, 11) is 3.03. The second-order valence-corrected chi connectivity index (χ2v) is 2.89. The molecule has 0 aliphatic rings. The van der Waals surface area contributed by atoms with Crippen LogP contribution in [0.5, 0.6) is 11.5 Å². The maximum atomic E-state index is 11.0. The van der Waals surface area contributed by atoms with E-state index < -0.39 is 5.91 Å². The molecule has 4 heteroatoms. The molecular formula is C10H13NO3. The van der Waals surface area contributed by atoms with Gasteiger partial charge in [-0.2, -0.15) is 0 Å². The molecule has 0 bridgehead atoms. The van der Waals surface area contributed by atoms with Crippen molar-refractivity contribution in [2.75, 3.05) is 14.2 Å². The summed E-state index contributed by atoms with van der Waals surface area (Å²) in [4.78, 5) is 11.0. The summed E-state index contributed by atoms with van der Waals surface area (Å²) in [5.74, 6) is 0.565. The first-order chi connectivity index (χ1) is 6.60. The Morgan fingerprint density at radius 2 is 1.79 bits per heavy atom. The lowest BCUT2D eigenvalue weighted by molar-refractivity contribution is 0.0997. The summed E-state index contributed by atoms with van der Waals surface area (Å²) in [6.07, 6.45) is 0. The van der Waals surface area contributed by atoms with Gasteiger partial charge in [0.1, 0.15) is 11.5 Å². The lowest BCUT2D eigenvalue weighted by Crippen LogP contribution is -2.12. The van der Waals surface area contributed by atoms with Crippen molar-refractivity contribution in [3.63, 3.8) is 0 Å². The zero-order valence-corrected chi connectivity index (χ0v) is 8.46. The molecule has 1 aromatic carbocycles. The van der Waals surface area contributed by atoms with E-state index in [4.69, 9.17) is 15.2 Å². The summed E-state index contributed by atoms with van der Waals surface area (Å²) in [5, 5.41) is 0. The van der Waals surface area contributed by atoms with E-state index in [9.17, 15) is 4.79 Å². The Morgan fingerprint density at radius 3 is 2.21 bits per heavy atom. The Morgan fingerprint density at radius 1 is 1.21 bits per heavy atom. The number of hydrogen-bond donors (Lipinski definition) is 1. The minimum Gasteiger partial charge on any atom is -0.496 e. The predicted molar refractivity (Wildman–Crippen MR) is 52.8 cm³/mol. The first-order valence-electron chi connectivity index (χ1n) is 4.12. The summed E-state index contributed by atoms with van der Waals surface area (Å²) < 4.78 is 10.1. The van der Waals surface area contributed by atoms with Crippen LogP contribution in [0.3, 0.4) is 0 Å². The first-order valence-corrected chi connectivity index (χ1v) is 4.12. The molecule has 1 aromatic rings. The Bertz CT molecular complexity index is 361. The van der Waals surface area contributed by atoms with Gasteiger partial charge in [0.25, 0.3) is 5.91 Å². The highest BCUT2D eigenvalue weighted by molar-refractivity contribution is 5.96. The lowest BCUT2D eigenvalue weighted by Gasteiger charge is -2.10. The molecule has 0 radical (unpaired) electrons. The number of aryl methyl sites for hydroxylation is 1. The zero-order chi connectivity index (χ0) is 10.7. The van der Waals surface area contributed by atoms with Crippen LogP contribution in [0.4, 0.5) is 0 Å². The SMILES string of the molecule is COc1cc(C(N)=O)c(OC)cc1C. The first kappa shape index (κ1) is 10.4. The molecule has 1 amide bonds. The predicted octanol–water partition coefficient (Wildman–Crippen LogP) is 1.11. The standard InChI is InChI=1S/C10H13NO3/c1-6-4-9(14-3)7(10(11)12)5-8(6)13-2/h4-5H,1-3H3,(H2,11,12). The maximum absolute atomic E-state index is 11.0. The van der Waals surface area contributed by atoms with Crippen LogP contribution in [0.1, 0.15) is 15.9 Å². The van der Waals surface area contributed by atoms with Crippen molar-refractivity contribution in [3.05, 3.63) is 23.3 Å². The third-order valence-electron chi connectivity index (χ3n) is 1.98. The third kappa shape index (κ3) is 1.79. The van der Waals surface area contributed by atoms with Crippen LogP contribution in [-0.4, -0.2) is 20.1 Å². The van der Waals surface area contributed by atoms with Gasteiger partial charge in [-0.05, 0) is 24.6 Å². The van der Waals surface area contributed by atoms with Crippen molar-refractivity contribution in [2.45, 2.75) is 6.92 Å². The molecule has 0 spiro atoms. The lowest BCUT2D eigenvalue weighted by atomic mass is 10.1. The van der Waals surface area contributed by atoms with Crippen LogP contribution in [0.25, 0.3) is 0 Å². The van der Waals surface area contributed by atoms with Crippen LogP contribution in [0, 0.1) is 6.92 Å². The number of carbonyl (C=O) groups excluding carboxylic acids is 1. The average Bonchev–Trinajstić information content (AvgIpc) is 2.16. The van der Waals surface area contributed by atoms with Gasteiger partial charge in [0, 0.05) is 0 Å². The third-order valence-corrected chi connectivity index (χ3v) is 1.98. The van der Waals surface area contributed by atoms with E-state index in [1.54, 1.807) is 19.2 Å². The van der Waals surface area contributed by atoms with Crippen molar-refractivity contribution >= 4 is 5.91 Å². The fourth-order valence-electron chi connectivity index (χ4n) is 1.24. The number of nitrogens with two attached hydrogens (primary N) is 1. The molecule has 1 rings (SSSR count). The topological polar surface area (TPSA) is 61.5 Å². The molecule has 0 unspecified atom stereocenters. The fraction of sp³-hybridized carbons (Fsp3) is 0.300. The number of rotatable bonds is 3. The zero-order valence-electron chi connectivity index (χ0n) is 8.46. The number of ether oxygens (including phenoxy) is 2. The van der Waals surface area contributed by atoms with Gasteiger partial charge in [-0.1, -0.05) is 0 Å². The van der Waals surface area contributed by atoms with Crippen LogP contribution in [-0.2, 0) is 0 Å². The Hall–Kier alpha value is -1.71. The molecule has 0 saturated heterocycles. The van der Waals surface area contributed by atoms with E-state index in [1.807, 2.05) is 6.92 Å².